The molecule has 0 amide bonds. The van der Waals surface area contributed by atoms with E-state index in [1.807, 2.05) is 12.1 Å². The van der Waals surface area contributed by atoms with Crippen molar-refractivity contribution in [1.29, 1.82) is 0 Å². The van der Waals surface area contributed by atoms with Crippen molar-refractivity contribution >= 4 is 17.0 Å². The molecule has 2 N–H and O–H groups in total. The van der Waals surface area contributed by atoms with E-state index in [9.17, 15) is 0 Å². The number of benzene rings is 1. The molecule has 1 fully saturated rings. The van der Waals surface area contributed by atoms with Crippen LogP contribution in [-0.2, 0) is 0 Å². The van der Waals surface area contributed by atoms with Gasteiger partial charge in [0.1, 0.15) is 0 Å². The molecular formula is C15H21N3. The Morgan fingerprint density at radius 2 is 2.00 bits per heavy atom. The summed E-state index contributed by atoms with van der Waals surface area (Å²) in [7, 11) is 0. The van der Waals surface area contributed by atoms with E-state index in [-0.39, 0.29) is 0 Å². The Morgan fingerprint density at radius 1 is 1.17 bits per heavy atom. The van der Waals surface area contributed by atoms with Crippen molar-refractivity contribution < 1.29 is 0 Å². The average molecular weight is 243 g/mol. The van der Waals surface area contributed by atoms with E-state index in [4.69, 9.17) is 5.73 Å². The Kier molecular flexibility index (Phi) is 2.98. The molecule has 18 heavy (non-hydrogen) atoms. The molecular weight excluding hydrogens is 222 g/mol. The van der Waals surface area contributed by atoms with Gasteiger partial charge in [-0.2, -0.15) is 0 Å². The van der Waals surface area contributed by atoms with Crippen molar-refractivity contribution in [2.75, 3.05) is 5.73 Å². The molecule has 2 atom stereocenters. The second-order valence-corrected chi connectivity index (χ2v) is 5.60. The first-order valence-electron chi connectivity index (χ1n) is 6.98. The molecule has 1 saturated carbocycles. The summed E-state index contributed by atoms with van der Waals surface area (Å²) >= 11 is 0. The Balaban J connectivity index is 2.00. The fraction of sp³-hybridized carbons (Fsp3) is 0.533. The van der Waals surface area contributed by atoms with Crippen LogP contribution >= 0.6 is 0 Å². The number of hydrogen-bond donors (Lipinski definition) is 1. The summed E-state index contributed by atoms with van der Waals surface area (Å²) in [5.74, 6) is 1.53. The van der Waals surface area contributed by atoms with Crippen LogP contribution in [0.3, 0.4) is 0 Å². The van der Waals surface area contributed by atoms with Gasteiger partial charge in [0.25, 0.3) is 0 Å². The molecule has 0 radical (unpaired) electrons. The number of nitrogens with zero attached hydrogens (tertiary/aromatic N) is 2. The minimum Gasteiger partial charge on any atom is -0.369 e. The Morgan fingerprint density at radius 3 is 2.89 bits per heavy atom. The minimum atomic E-state index is 0.530. The van der Waals surface area contributed by atoms with Crippen LogP contribution in [0.5, 0.6) is 0 Å². The number of aromatic nitrogens is 2. The van der Waals surface area contributed by atoms with Crippen LogP contribution in [0.15, 0.2) is 24.3 Å². The molecule has 2 unspecified atom stereocenters. The first-order valence-corrected chi connectivity index (χ1v) is 6.98. The van der Waals surface area contributed by atoms with E-state index in [0.717, 1.165) is 11.4 Å². The quantitative estimate of drug-likeness (QED) is 0.775. The lowest BCUT2D eigenvalue weighted by atomic mass is 10.0. The SMILES string of the molecule is CC1CCCC(n2c(N)nc3ccccc32)CC1. The maximum atomic E-state index is 6.12. The van der Waals surface area contributed by atoms with Gasteiger partial charge in [0.05, 0.1) is 11.0 Å². The molecule has 0 spiro atoms. The molecule has 0 aliphatic heterocycles. The van der Waals surface area contributed by atoms with Crippen molar-refractivity contribution in [2.24, 2.45) is 5.92 Å². The highest BCUT2D eigenvalue weighted by atomic mass is 15.2. The van der Waals surface area contributed by atoms with Crippen LogP contribution in [0, 0.1) is 5.92 Å². The topological polar surface area (TPSA) is 43.8 Å². The third kappa shape index (κ3) is 1.98. The summed E-state index contributed by atoms with van der Waals surface area (Å²) in [6, 6.07) is 8.80. The standard InChI is InChI=1S/C15H21N3/c1-11-5-4-6-12(10-9-11)18-14-8-3-2-7-13(14)17-15(18)16/h2-3,7-8,11-12H,4-6,9-10H2,1H3,(H2,16,17). The van der Waals surface area contributed by atoms with Gasteiger partial charge in [0.15, 0.2) is 0 Å². The zero-order valence-corrected chi connectivity index (χ0v) is 11.0. The number of fused-ring (bicyclic) bond motifs is 1. The Labute approximate surface area is 108 Å². The van der Waals surface area contributed by atoms with Crippen LogP contribution in [0.2, 0.25) is 0 Å². The molecule has 3 heteroatoms. The van der Waals surface area contributed by atoms with E-state index >= 15 is 0 Å². The van der Waals surface area contributed by atoms with E-state index in [0.29, 0.717) is 12.0 Å². The highest BCUT2D eigenvalue weighted by Gasteiger charge is 2.21. The fourth-order valence-corrected chi connectivity index (χ4v) is 3.17. The Bertz CT molecular complexity index is 544. The lowest BCUT2D eigenvalue weighted by Crippen LogP contribution is -2.11. The van der Waals surface area contributed by atoms with Crippen molar-refractivity contribution in [3.8, 4) is 0 Å². The molecule has 0 bridgehead atoms. The summed E-state index contributed by atoms with van der Waals surface area (Å²) in [6.45, 7) is 2.36. The predicted molar refractivity (Wildman–Crippen MR) is 75.4 cm³/mol. The van der Waals surface area contributed by atoms with Gasteiger partial charge in [0.2, 0.25) is 5.95 Å². The second kappa shape index (κ2) is 4.63. The molecule has 2 aromatic rings. The number of para-hydroxylation sites is 2. The number of hydrogen-bond acceptors (Lipinski definition) is 2. The van der Waals surface area contributed by atoms with Gasteiger partial charge in [-0.15, -0.1) is 0 Å². The van der Waals surface area contributed by atoms with Gasteiger partial charge in [-0.3, -0.25) is 0 Å². The molecule has 1 aromatic carbocycles. The first-order chi connectivity index (χ1) is 8.75. The van der Waals surface area contributed by atoms with Gasteiger partial charge < -0.3 is 10.3 Å². The van der Waals surface area contributed by atoms with Crippen molar-refractivity contribution in [3.63, 3.8) is 0 Å². The number of nitrogen functional groups attached to an aromatic ring is 1. The van der Waals surface area contributed by atoms with Crippen molar-refractivity contribution in [3.05, 3.63) is 24.3 Å². The van der Waals surface area contributed by atoms with Gasteiger partial charge in [0, 0.05) is 6.04 Å². The number of nitrogens with two attached hydrogens (primary N) is 1. The van der Waals surface area contributed by atoms with Crippen molar-refractivity contribution in [1.82, 2.24) is 9.55 Å². The number of anilines is 1. The molecule has 1 aromatic heterocycles. The summed E-state index contributed by atoms with van der Waals surface area (Å²) in [6.07, 6.45) is 6.41. The molecule has 3 nitrogen and oxygen atoms in total. The van der Waals surface area contributed by atoms with E-state index in [2.05, 4.69) is 28.6 Å². The molecule has 96 valence electrons. The zero-order valence-electron chi connectivity index (χ0n) is 11.0. The monoisotopic (exact) mass is 243 g/mol. The van der Waals surface area contributed by atoms with Gasteiger partial charge in [-0.05, 0) is 37.3 Å². The third-order valence-corrected chi connectivity index (χ3v) is 4.22. The predicted octanol–water partition coefficient (Wildman–Crippen LogP) is 3.76. The largest absolute Gasteiger partial charge is 0.369 e. The van der Waals surface area contributed by atoms with E-state index in [1.165, 1.54) is 37.6 Å². The normalized spacial score (nSPS) is 25.2. The van der Waals surface area contributed by atoms with Crippen LogP contribution in [0.4, 0.5) is 5.95 Å². The summed E-state index contributed by atoms with van der Waals surface area (Å²) < 4.78 is 2.26. The smallest absolute Gasteiger partial charge is 0.201 e. The minimum absolute atomic E-state index is 0.530. The lowest BCUT2D eigenvalue weighted by Gasteiger charge is -2.18. The van der Waals surface area contributed by atoms with Crippen LogP contribution in [0.1, 0.15) is 45.1 Å². The Hall–Kier alpha value is -1.51. The van der Waals surface area contributed by atoms with Crippen molar-refractivity contribution in [2.45, 2.75) is 45.1 Å². The average Bonchev–Trinajstić information content (AvgIpc) is 2.54. The molecule has 1 heterocycles. The molecule has 1 aliphatic carbocycles. The summed E-state index contributed by atoms with van der Waals surface area (Å²) in [5.41, 5.74) is 8.33. The van der Waals surface area contributed by atoms with Crippen LogP contribution < -0.4 is 5.73 Å². The maximum absolute atomic E-state index is 6.12. The third-order valence-electron chi connectivity index (χ3n) is 4.22. The molecule has 1 aliphatic rings. The van der Waals surface area contributed by atoms with Crippen LogP contribution in [-0.4, -0.2) is 9.55 Å². The summed E-state index contributed by atoms with van der Waals surface area (Å²) in [5, 5.41) is 0. The zero-order chi connectivity index (χ0) is 12.5. The van der Waals surface area contributed by atoms with Gasteiger partial charge in [-0.1, -0.05) is 31.9 Å². The summed E-state index contributed by atoms with van der Waals surface area (Å²) in [4.78, 5) is 4.48. The number of rotatable bonds is 1. The van der Waals surface area contributed by atoms with Gasteiger partial charge >= 0.3 is 0 Å². The molecule has 3 rings (SSSR count). The highest BCUT2D eigenvalue weighted by molar-refractivity contribution is 5.78. The highest BCUT2D eigenvalue weighted by Crippen LogP contribution is 2.34. The number of imidazole rings is 1. The first kappa shape index (κ1) is 11.6. The van der Waals surface area contributed by atoms with Gasteiger partial charge in [-0.25, -0.2) is 4.98 Å². The lowest BCUT2D eigenvalue weighted by molar-refractivity contribution is 0.445. The fourth-order valence-electron chi connectivity index (χ4n) is 3.17. The maximum Gasteiger partial charge on any atom is 0.201 e. The second-order valence-electron chi connectivity index (χ2n) is 5.60. The van der Waals surface area contributed by atoms with E-state index in [1.54, 1.807) is 0 Å². The molecule has 0 saturated heterocycles. The van der Waals surface area contributed by atoms with E-state index < -0.39 is 0 Å². The van der Waals surface area contributed by atoms with Crippen LogP contribution in [0.25, 0.3) is 11.0 Å².